The van der Waals surface area contributed by atoms with Gasteiger partial charge in [-0.2, -0.15) is 0 Å². The van der Waals surface area contributed by atoms with Gasteiger partial charge in [-0.3, -0.25) is 4.90 Å². The summed E-state index contributed by atoms with van der Waals surface area (Å²) in [4.78, 5) is 22.3. The topological polar surface area (TPSA) is 78.5 Å². The van der Waals surface area contributed by atoms with Gasteiger partial charge in [0.25, 0.3) is 0 Å². The van der Waals surface area contributed by atoms with Gasteiger partial charge < -0.3 is 19.3 Å². The maximum Gasteiger partial charge on any atom is 0.335 e. The molecule has 0 radical (unpaired) electrons. The van der Waals surface area contributed by atoms with Gasteiger partial charge in [0, 0.05) is 37.7 Å². The second-order valence-electron chi connectivity index (χ2n) is 13.3. The fraction of sp³-hybridized carbons (Fsp3) is 0.742. The van der Waals surface area contributed by atoms with Crippen molar-refractivity contribution in [3.8, 4) is 0 Å². The number of hydrogen-bond acceptors (Lipinski definition) is 7. The molecule has 1 saturated heterocycles. The highest BCUT2D eigenvalue weighted by Gasteiger charge is 2.66. The lowest BCUT2D eigenvalue weighted by Crippen LogP contribution is -2.60. The van der Waals surface area contributed by atoms with Gasteiger partial charge in [-0.15, -0.1) is 0 Å². The van der Waals surface area contributed by atoms with Crippen molar-refractivity contribution in [1.82, 2.24) is 9.80 Å². The molecule has 1 aromatic rings. The number of piperazine rings is 1. The number of allylic oxidation sites excluding steroid dienone is 2. The normalized spacial score (nSPS) is 41.7. The molecule has 1 N–H and O–H groups in total. The Bertz CT molecular complexity index is 1150. The van der Waals surface area contributed by atoms with Crippen LogP contribution in [0, 0.1) is 22.7 Å². The number of oxime groups is 1. The summed E-state index contributed by atoms with van der Waals surface area (Å²) in [6, 6.07) is 3.44. The van der Waals surface area contributed by atoms with E-state index in [4.69, 9.17) is 9.25 Å². The Morgan fingerprint density at radius 1 is 1.05 bits per heavy atom. The van der Waals surface area contributed by atoms with Gasteiger partial charge in [-0.25, -0.2) is 4.79 Å². The first-order chi connectivity index (χ1) is 18.1. The van der Waals surface area contributed by atoms with E-state index in [1.54, 1.807) is 6.26 Å². The second kappa shape index (κ2) is 9.60. The average molecular weight is 524 g/mol. The van der Waals surface area contributed by atoms with Gasteiger partial charge in [0.15, 0.2) is 6.23 Å². The first kappa shape index (κ1) is 26.3. The number of fused-ring (bicyclic) bond motifs is 5. The molecule has 0 aromatic carbocycles. The first-order valence-electron chi connectivity index (χ1n) is 14.8. The summed E-state index contributed by atoms with van der Waals surface area (Å²) in [7, 11) is 2.17. The van der Waals surface area contributed by atoms with Crippen molar-refractivity contribution < 1.29 is 14.4 Å². The smallest absolute Gasteiger partial charge is 0.335 e. The van der Waals surface area contributed by atoms with Crippen LogP contribution < -0.4 is 5.63 Å². The van der Waals surface area contributed by atoms with E-state index in [2.05, 4.69) is 48.9 Å². The van der Waals surface area contributed by atoms with Crippen LogP contribution >= 0.6 is 0 Å². The molecule has 38 heavy (non-hydrogen) atoms. The zero-order valence-electron chi connectivity index (χ0n) is 23.6. The van der Waals surface area contributed by atoms with E-state index in [1.807, 2.05) is 6.07 Å². The minimum absolute atomic E-state index is 0.00290. The molecule has 7 heteroatoms. The summed E-state index contributed by atoms with van der Waals surface area (Å²) in [5.74, 6) is 1.02. The van der Waals surface area contributed by atoms with Crippen LogP contribution in [0.2, 0.25) is 0 Å². The van der Waals surface area contributed by atoms with Gasteiger partial charge in [-0.05, 0) is 106 Å². The van der Waals surface area contributed by atoms with Crippen LogP contribution in [0.4, 0.5) is 0 Å². The molecule has 3 saturated carbocycles. The largest absolute Gasteiger partial charge is 0.431 e. The van der Waals surface area contributed by atoms with Gasteiger partial charge in [0.05, 0.1) is 17.6 Å². The molecule has 1 aliphatic heterocycles. The summed E-state index contributed by atoms with van der Waals surface area (Å²) in [6.45, 7) is 11.0. The molecule has 5 aliphatic rings. The zero-order chi connectivity index (χ0) is 26.7. The molecule has 4 aliphatic carbocycles. The first-order valence-corrected chi connectivity index (χ1v) is 14.8. The molecule has 0 spiro atoms. The molecule has 7 nitrogen and oxygen atoms in total. The predicted molar refractivity (Wildman–Crippen MR) is 148 cm³/mol. The quantitative estimate of drug-likeness (QED) is 0.573. The molecule has 1 unspecified atom stereocenters. The third kappa shape index (κ3) is 4.11. The summed E-state index contributed by atoms with van der Waals surface area (Å²) in [6.07, 6.45) is 11.9. The maximum absolute atomic E-state index is 12.4. The summed E-state index contributed by atoms with van der Waals surface area (Å²) in [5.41, 5.74) is 2.57. The second-order valence-corrected chi connectivity index (χ2v) is 13.3. The van der Waals surface area contributed by atoms with Crippen molar-refractivity contribution in [3.63, 3.8) is 0 Å². The van der Waals surface area contributed by atoms with E-state index in [-0.39, 0.29) is 28.6 Å². The van der Waals surface area contributed by atoms with Crippen molar-refractivity contribution in [2.45, 2.75) is 89.9 Å². The Morgan fingerprint density at radius 2 is 1.84 bits per heavy atom. The van der Waals surface area contributed by atoms with E-state index >= 15 is 0 Å². The minimum Gasteiger partial charge on any atom is -0.431 e. The SMILES string of the molecule is CC(O/N=C1/C=C2CC[C@@H]3[C@H](CC[C@]4(C)[C@@H](c5ccc(=O)oc5)CC[C@]34O)[C@@]2(C)CC1)N1CCN(C)CC1. The number of aliphatic hydroxyl groups is 1. The molecule has 4 fully saturated rings. The van der Waals surface area contributed by atoms with E-state index in [1.165, 1.54) is 11.6 Å². The summed E-state index contributed by atoms with van der Waals surface area (Å²) in [5, 5.41) is 17.1. The average Bonchev–Trinajstić information content (AvgIpc) is 3.19. The lowest BCUT2D eigenvalue weighted by Gasteiger charge is -2.61. The molecule has 0 bridgehead atoms. The number of likely N-dealkylation sites (N-methyl/N-ethyl adjacent to an activating group) is 1. The minimum atomic E-state index is -0.680. The molecule has 7 atom stereocenters. The van der Waals surface area contributed by atoms with Crippen molar-refractivity contribution in [2.24, 2.45) is 27.8 Å². The molecule has 0 amide bonds. The number of rotatable bonds is 4. The highest BCUT2D eigenvalue weighted by Crippen LogP contribution is 2.69. The van der Waals surface area contributed by atoms with E-state index < -0.39 is 5.60 Å². The van der Waals surface area contributed by atoms with E-state index in [0.717, 1.165) is 88.8 Å². The third-order valence-corrected chi connectivity index (χ3v) is 11.7. The zero-order valence-corrected chi connectivity index (χ0v) is 23.6. The van der Waals surface area contributed by atoms with Crippen LogP contribution in [0.1, 0.15) is 83.6 Å². The summed E-state index contributed by atoms with van der Waals surface area (Å²) < 4.78 is 5.23. The number of nitrogens with zero attached hydrogens (tertiary/aromatic N) is 3. The van der Waals surface area contributed by atoms with Crippen molar-refractivity contribution >= 4 is 5.71 Å². The standard InChI is InChI=1S/C31H45N3O4/c1-21(34-17-15-33(4)16-18-34)38-32-24-9-12-29(2)23(19-24)6-7-27-26(29)10-13-30(3)25(11-14-31(27,30)36)22-5-8-28(35)37-20-22/h5,8,19-21,25-27,36H,6-7,9-18H2,1-4H3/b32-24+/t21?,25-,26+,27-,29+,30-,31+/m1/s1. The van der Waals surface area contributed by atoms with Crippen molar-refractivity contribution in [1.29, 1.82) is 0 Å². The Balaban J connectivity index is 1.18. The Morgan fingerprint density at radius 3 is 2.58 bits per heavy atom. The molecular formula is C31H45N3O4. The Kier molecular flexibility index (Phi) is 6.64. The van der Waals surface area contributed by atoms with Gasteiger partial charge in [0.2, 0.25) is 0 Å². The Hall–Kier alpha value is -1.96. The van der Waals surface area contributed by atoms with E-state index in [0.29, 0.717) is 11.8 Å². The fourth-order valence-electron chi connectivity index (χ4n) is 9.11. The molecular weight excluding hydrogens is 478 g/mol. The lowest BCUT2D eigenvalue weighted by molar-refractivity contribution is -0.176. The molecule has 1 aromatic heterocycles. The Labute approximate surface area is 226 Å². The predicted octanol–water partition coefficient (Wildman–Crippen LogP) is 4.77. The lowest BCUT2D eigenvalue weighted by atomic mass is 9.45. The highest BCUT2D eigenvalue weighted by molar-refractivity contribution is 5.96. The van der Waals surface area contributed by atoms with Crippen LogP contribution in [-0.4, -0.2) is 65.7 Å². The monoisotopic (exact) mass is 523 g/mol. The van der Waals surface area contributed by atoms with Crippen LogP contribution in [0.3, 0.4) is 0 Å². The van der Waals surface area contributed by atoms with Gasteiger partial charge in [-0.1, -0.05) is 24.6 Å². The van der Waals surface area contributed by atoms with Crippen LogP contribution in [-0.2, 0) is 4.84 Å². The van der Waals surface area contributed by atoms with E-state index in [9.17, 15) is 9.90 Å². The van der Waals surface area contributed by atoms with Crippen LogP contribution in [0.15, 0.2) is 44.4 Å². The molecule has 208 valence electrons. The maximum atomic E-state index is 12.4. The van der Waals surface area contributed by atoms with Gasteiger partial charge in [0.1, 0.15) is 0 Å². The fourth-order valence-corrected chi connectivity index (χ4v) is 9.11. The van der Waals surface area contributed by atoms with Crippen LogP contribution in [0.5, 0.6) is 0 Å². The van der Waals surface area contributed by atoms with Crippen LogP contribution in [0.25, 0.3) is 0 Å². The molecule has 6 rings (SSSR count). The number of hydrogen-bond donors (Lipinski definition) is 1. The molecule has 2 heterocycles. The highest BCUT2D eigenvalue weighted by atomic mass is 16.6. The summed E-state index contributed by atoms with van der Waals surface area (Å²) >= 11 is 0. The van der Waals surface area contributed by atoms with Gasteiger partial charge >= 0.3 is 5.63 Å². The third-order valence-electron chi connectivity index (χ3n) is 11.7. The van der Waals surface area contributed by atoms with Crippen molar-refractivity contribution in [2.75, 3.05) is 33.2 Å². The van der Waals surface area contributed by atoms with Crippen molar-refractivity contribution in [3.05, 3.63) is 46.0 Å².